The van der Waals surface area contributed by atoms with Gasteiger partial charge in [0.05, 0.1) is 0 Å². The fourth-order valence-electron chi connectivity index (χ4n) is 1.90. The molecule has 0 aromatic heterocycles. The van der Waals surface area contributed by atoms with Gasteiger partial charge in [-0.3, -0.25) is 0 Å². The first-order valence-electron chi connectivity index (χ1n) is 4.89. The summed E-state index contributed by atoms with van der Waals surface area (Å²) < 4.78 is 0. The topological polar surface area (TPSA) is 3.24 Å². The van der Waals surface area contributed by atoms with Crippen molar-refractivity contribution in [1.29, 1.82) is 0 Å². The molecule has 1 aromatic carbocycles. The van der Waals surface area contributed by atoms with E-state index in [2.05, 4.69) is 48.4 Å². The van der Waals surface area contributed by atoms with Crippen LogP contribution in [-0.4, -0.2) is 6.54 Å². The highest BCUT2D eigenvalue weighted by atomic mass is 15.1. The van der Waals surface area contributed by atoms with Crippen molar-refractivity contribution in [2.45, 2.75) is 19.8 Å². The molecule has 1 aliphatic heterocycles. The number of allylic oxidation sites excluding steroid dienone is 1. The van der Waals surface area contributed by atoms with Crippen molar-refractivity contribution in [2.24, 2.45) is 0 Å². The van der Waals surface area contributed by atoms with Crippen molar-refractivity contribution in [2.75, 3.05) is 11.4 Å². The molecule has 1 heteroatoms. The lowest BCUT2D eigenvalue weighted by molar-refractivity contribution is 0.762. The van der Waals surface area contributed by atoms with Gasteiger partial charge in [-0.15, -0.1) is 0 Å². The maximum atomic E-state index is 2.33. The minimum atomic E-state index is 1.15. The maximum absolute atomic E-state index is 2.33. The van der Waals surface area contributed by atoms with E-state index < -0.39 is 0 Å². The number of hydrogen-bond donors (Lipinski definition) is 0. The first-order chi connectivity index (χ1) is 6.42. The van der Waals surface area contributed by atoms with Crippen molar-refractivity contribution in [3.63, 3.8) is 0 Å². The summed E-state index contributed by atoms with van der Waals surface area (Å²) in [6, 6.07) is 8.66. The lowest BCUT2D eigenvalue weighted by Gasteiger charge is -2.27. The first-order valence-corrected chi connectivity index (χ1v) is 4.89. The number of rotatable bonds is 1. The number of para-hydroxylation sites is 1. The van der Waals surface area contributed by atoms with Gasteiger partial charge in [0.1, 0.15) is 0 Å². The van der Waals surface area contributed by atoms with Gasteiger partial charge in [0, 0.05) is 12.2 Å². The third-order valence-corrected chi connectivity index (χ3v) is 2.48. The van der Waals surface area contributed by atoms with Crippen molar-refractivity contribution >= 4 is 5.69 Å². The summed E-state index contributed by atoms with van der Waals surface area (Å²) in [5, 5.41) is 0. The van der Waals surface area contributed by atoms with Crippen LogP contribution in [0.2, 0.25) is 0 Å². The summed E-state index contributed by atoms with van der Waals surface area (Å²) in [7, 11) is 0. The van der Waals surface area contributed by atoms with Gasteiger partial charge in [0.25, 0.3) is 0 Å². The maximum Gasteiger partial charge on any atom is 0.0438 e. The van der Waals surface area contributed by atoms with Crippen LogP contribution in [0.4, 0.5) is 5.69 Å². The number of benzene rings is 1. The minimum absolute atomic E-state index is 1.15. The Balaban J connectivity index is 2.36. The molecule has 13 heavy (non-hydrogen) atoms. The van der Waals surface area contributed by atoms with E-state index in [1.165, 1.54) is 24.1 Å². The third-order valence-electron chi connectivity index (χ3n) is 2.48. The van der Waals surface area contributed by atoms with Crippen LogP contribution < -0.4 is 4.90 Å². The molecule has 0 N–H and O–H groups in total. The van der Waals surface area contributed by atoms with Gasteiger partial charge in [-0.05, 0) is 37.6 Å². The summed E-state index contributed by atoms with van der Waals surface area (Å²) in [5.74, 6) is 0. The molecule has 0 saturated heterocycles. The largest absolute Gasteiger partial charge is 0.348 e. The summed E-state index contributed by atoms with van der Waals surface area (Å²) in [4.78, 5) is 2.33. The third kappa shape index (κ3) is 1.59. The quantitative estimate of drug-likeness (QED) is 0.631. The van der Waals surface area contributed by atoms with E-state index in [1.807, 2.05) is 0 Å². The zero-order chi connectivity index (χ0) is 9.10. The van der Waals surface area contributed by atoms with Crippen LogP contribution in [0.3, 0.4) is 0 Å². The van der Waals surface area contributed by atoms with Gasteiger partial charge < -0.3 is 4.90 Å². The average Bonchev–Trinajstić information content (AvgIpc) is 2.19. The predicted molar refractivity (Wildman–Crippen MR) is 56.9 cm³/mol. The fraction of sp³-hybridized carbons (Fsp3) is 0.333. The molecule has 1 aromatic rings. The first kappa shape index (κ1) is 8.36. The van der Waals surface area contributed by atoms with E-state index in [-0.39, 0.29) is 0 Å². The van der Waals surface area contributed by atoms with Crippen LogP contribution in [0.5, 0.6) is 0 Å². The van der Waals surface area contributed by atoms with E-state index in [1.54, 1.807) is 0 Å². The smallest absolute Gasteiger partial charge is 0.0438 e. The molecule has 2 rings (SSSR count). The summed E-state index contributed by atoms with van der Waals surface area (Å²) in [5.41, 5.74) is 2.86. The molecule has 0 spiro atoms. The number of fused-ring (bicyclic) bond motifs is 1. The Kier molecular flexibility index (Phi) is 2.35. The lowest BCUT2D eigenvalue weighted by atomic mass is 10.0. The Labute approximate surface area is 79.7 Å². The number of nitrogens with zero attached hydrogens (tertiary/aromatic N) is 1. The molecule has 1 nitrogen and oxygen atoms in total. The Hall–Kier alpha value is -1.24. The fourth-order valence-corrected chi connectivity index (χ4v) is 1.90. The Morgan fingerprint density at radius 3 is 3.00 bits per heavy atom. The standard InChI is InChI=1S/C12H15N/c1-2-9-13-10-5-7-11-6-3-4-8-12(11)13/h2-4,6,8-9H,5,7,10H2,1H3/b9-2+. The Morgan fingerprint density at radius 2 is 2.15 bits per heavy atom. The predicted octanol–water partition coefficient (Wildman–Crippen LogP) is 2.97. The molecule has 1 aliphatic rings. The van der Waals surface area contributed by atoms with Crippen LogP contribution in [0.1, 0.15) is 18.9 Å². The summed E-state index contributed by atoms with van der Waals surface area (Å²) >= 11 is 0. The second-order valence-electron chi connectivity index (χ2n) is 3.41. The number of aryl methyl sites for hydroxylation is 1. The van der Waals surface area contributed by atoms with Crippen LogP contribution in [0.25, 0.3) is 0 Å². The van der Waals surface area contributed by atoms with Crippen molar-refractivity contribution in [3.05, 3.63) is 42.1 Å². The van der Waals surface area contributed by atoms with E-state index >= 15 is 0 Å². The molecule has 0 unspecified atom stereocenters. The summed E-state index contributed by atoms with van der Waals surface area (Å²) in [6.45, 7) is 3.22. The molecule has 0 saturated carbocycles. The highest BCUT2D eigenvalue weighted by Gasteiger charge is 2.12. The molecule has 0 fully saturated rings. The van der Waals surface area contributed by atoms with Gasteiger partial charge in [0.2, 0.25) is 0 Å². The van der Waals surface area contributed by atoms with Crippen LogP contribution in [-0.2, 0) is 6.42 Å². The molecular weight excluding hydrogens is 158 g/mol. The Bertz CT molecular complexity index is 315. The lowest BCUT2D eigenvalue weighted by Crippen LogP contribution is -2.23. The number of anilines is 1. The molecule has 0 amide bonds. The van der Waals surface area contributed by atoms with Crippen molar-refractivity contribution in [3.8, 4) is 0 Å². The molecular formula is C12H15N. The van der Waals surface area contributed by atoms with E-state index in [0.717, 1.165) is 6.54 Å². The molecule has 0 radical (unpaired) electrons. The van der Waals surface area contributed by atoms with Gasteiger partial charge in [-0.1, -0.05) is 24.3 Å². The highest BCUT2D eigenvalue weighted by molar-refractivity contribution is 5.57. The van der Waals surface area contributed by atoms with E-state index in [0.29, 0.717) is 0 Å². The van der Waals surface area contributed by atoms with Gasteiger partial charge in [0.15, 0.2) is 0 Å². The molecule has 0 bridgehead atoms. The minimum Gasteiger partial charge on any atom is -0.348 e. The second-order valence-corrected chi connectivity index (χ2v) is 3.41. The molecule has 1 heterocycles. The number of hydrogen-bond acceptors (Lipinski definition) is 1. The summed E-state index contributed by atoms with van der Waals surface area (Å²) in [6.07, 6.45) is 6.76. The second kappa shape index (κ2) is 3.65. The van der Waals surface area contributed by atoms with Crippen molar-refractivity contribution in [1.82, 2.24) is 0 Å². The van der Waals surface area contributed by atoms with Gasteiger partial charge in [-0.25, -0.2) is 0 Å². The van der Waals surface area contributed by atoms with E-state index in [4.69, 9.17) is 0 Å². The van der Waals surface area contributed by atoms with Crippen LogP contribution >= 0.6 is 0 Å². The van der Waals surface area contributed by atoms with Crippen LogP contribution in [0.15, 0.2) is 36.5 Å². The SMILES string of the molecule is C/C=C/N1CCCc2ccccc21. The Morgan fingerprint density at radius 1 is 1.31 bits per heavy atom. The molecule has 68 valence electrons. The van der Waals surface area contributed by atoms with E-state index in [9.17, 15) is 0 Å². The normalized spacial score (nSPS) is 16.2. The zero-order valence-electron chi connectivity index (χ0n) is 8.03. The molecule has 0 aliphatic carbocycles. The highest BCUT2D eigenvalue weighted by Crippen LogP contribution is 2.26. The zero-order valence-corrected chi connectivity index (χ0v) is 8.03. The molecule has 0 atom stereocenters. The van der Waals surface area contributed by atoms with Crippen LogP contribution in [0, 0.1) is 0 Å². The monoisotopic (exact) mass is 173 g/mol. The van der Waals surface area contributed by atoms with Gasteiger partial charge in [-0.2, -0.15) is 0 Å². The van der Waals surface area contributed by atoms with Gasteiger partial charge >= 0.3 is 0 Å². The average molecular weight is 173 g/mol. The van der Waals surface area contributed by atoms with Crippen molar-refractivity contribution < 1.29 is 0 Å².